The van der Waals surface area contributed by atoms with Crippen LogP contribution in [0, 0.1) is 23.2 Å². The molecule has 1 aromatic carbocycles. The summed E-state index contributed by atoms with van der Waals surface area (Å²) in [5.74, 6) is 2.86. The van der Waals surface area contributed by atoms with Crippen LogP contribution in [-0.2, 0) is 6.42 Å². The Kier molecular flexibility index (Phi) is 3.57. The lowest BCUT2D eigenvalue weighted by atomic mass is 9.54. The van der Waals surface area contributed by atoms with E-state index in [1.807, 2.05) is 18.2 Å². The average Bonchev–Trinajstić information content (AvgIpc) is 2.78. The number of aliphatic hydroxyl groups excluding tert-OH is 1. The van der Waals surface area contributed by atoms with Crippen LogP contribution in [0.3, 0.4) is 0 Å². The van der Waals surface area contributed by atoms with Gasteiger partial charge in [-0.3, -0.25) is 0 Å². The zero-order chi connectivity index (χ0) is 16.2. The third kappa shape index (κ3) is 2.18. The van der Waals surface area contributed by atoms with Gasteiger partial charge >= 0.3 is 0 Å². The molecule has 0 saturated heterocycles. The van der Waals surface area contributed by atoms with Gasteiger partial charge in [-0.1, -0.05) is 19.1 Å². The van der Waals surface area contributed by atoms with Gasteiger partial charge in [-0.25, -0.2) is 0 Å². The fraction of sp³-hybridized carbons (Fsp3) is 0.619. The van der Waals surface area contributed by atoms with Crippen LogP contribution < -0.4 is 0 Å². The van der Waals surface area contributed by atoms with Crippen molar-refractivity contribution in [3.05, 3.63) is 42.0 Å². The molecule has 2 saturated carbocycles. The Bertz CT molecular complexity index is 622. The second-order valence-corrected chi connectivity index (χ2v) is 8.30. The molecule has 0 amide bonds. The van der Waals surface area contributed by atoms with E-state index < -0.39 is 0 Å². The van der Waals surface area contributed by atoms with E-state index in [0.29, 0.717) is 29.4 Å². The molecule has 1 unspecified atom stereocenters. The molecule has 0 aliphatic heterocycles. The fourth-order valence-electron chi connectivity index (χ4n) is 6.28. The lowest BCUT2D eigenvalue weighted by Gasteiger charge is -2.51. The normalized spacial score (nSPS) is 41.7. The molecule has 0 bridgehead atoms. The van der Waals surface area contributed by atoms with E-state index in [1.165, 1.54) is 24.0 Å². The fourth-order valence-corrected chi connectivity index (χ4v) is 6.28. The van der Waals surface area contributed by atoms with Crippen molar-refractivity contribution in [1.82, 2.24) is 0 Å². The second kappa shape index (κ2) is 5.37. The summed E-state index contributed by atoms with van der Waals surface area (Å²) in [5, 5.41) is 20.5. The number of aromatic hydroxyl groups is 1. The maximum absolute atomic E-state index is 10.7. The molecule has 0 aromatic heterocycles. The van der Waals surface area contributed by atoms with Gasteiger partial charge in [-0.2, -0.15) is 0 Å². The van der Waals surface area contributed by atoms with E-state index in [2.05, 4.69) is 19.6 Å². The van der Waals surface area contributed by atoms with Crippen molar-refractivity contribution < 1.29 is 10.2 Å². The molecular formula is C21H28O2. The molecule has 4 rings (SSSR count). The number of benzene rings is 1. The number of hydrogen-bond acceptors (Lipinski definition) is 2. The highest BCUT2D eigenvalue weighted by atomic mass is 16.3. The zero-order valence-electron chi connectivity index (χ0n) is 14.0. The Labute approximate surface area is 139 Å². The minimum atomic E-state index is -0.153. The monoisotopic (exact) mass is 312 g/mol. The van der Waals surface area contributed by atoms with Crippen LogP contribution in [0.25, 0.3) is 0 Å². The molecule has 6 atom stereocenters. The topological polar surface area (TPSA) is 40.5 Å². The quantitative estimate of drug-likeness (QED) is 0.794. The summed E-state index contributed by atoms with van der Waals surface area (Å²) in [6, 6.07) is 5.96. The molecule has 3 aliphatic carbocycles. The van der Waals surface area contributed by atoms with Crippen LogP contribution in [0.4, 0.5) is 0 Å². The number of phenols is 1. The van der Waals surface area contributed by atoms with Gasteiger partial charge < -0.3 is 10.2 Å². The van der Waals surface area contributed by atoms with Crippen LogP contribution in [-0.4, -0.2) is 16.3 Å². The zero-order valence-corrected chi connectivity index (χ0v) is 14.0. The van der Waals surface area contributed by atoms with E-state index >= 15 is 0 Å². The van der Waals surface area contributed by atoms with Crippen molar-refractivity contribution in [2.75, 3.05) is 0 Å². The number of hydrogen-bond donors (Lipinski definition) is 2. The number of rotatable bonds is 2. The molecule has 124 valence electrons. The summed E-state index contributed by atoms with van der Waals surface area (Å²) in [6.45, 7) is 6.28. The molecule has 0 heterocycles. The van der Waals surface area contributed by atoms with Crippen molar-refractivity contribution >= 4 is 0 Å². The van der Waals surface area contributed by atoms with Gasteiger partial charge in [0.25, 0.3) is 0 Å². The van der Waals surface area contributed by atoms with Gasteiger partial charge in [-0.15, -0.1) is 6.58 Å². The molecule has 2 heteroatoms. The van der Waals surface area contributed by atoms with E-state index in [1.54, 1.807) is 0 Å². The molecule has 1 aromatic rings. The lowest BCUT2D eigenvalue weighted by Crippen LogP contribution is -2.45. The summed E-state index contributed by atoms with van der Waals surface area (Å²) in [4.78, 5) is 0. The highest BCUT2D eigenvalue weighted by Crippen LogP contribution is 2.63. The van der Waals surface area contributed by atoms with Crippen LogP contribution in [0.15, 0.2) is 30.9 Å². The van der Waals surface area contributed by atoms with Crippen molar-refractivity contribution in [3.63, 3.8) is 0 Å². The van der Waals surface area contributed by atoms with Crippen molar-refractivity contribution in [3.8, 4) is 5.75 Å². The van der Waals surface area contributed by atoms with Crippen LogP contribution >= 0.6 is 0 Å². The second-order valence-electron chi connectivity index (χ2n) is 8.30. The smallest absolute Gasteiger partial charge is 0.115 e. The largest absolute Gasteiger partial charge is 0.508 e. The first-order chi connectivity index (χ1) is 11.0. The van der Waals surface area contributed by atoms with Gasteiger partial charge in [0.2, 0.25) is 0 Å². The Hall–Kier alpha value is -1.28. The van der Waals surface area contributed by atoms with E-state index in [-0.39, 0.29) is 11.5 Å². The van der Waals surface area contributed by atoms with Crippen molar-refractivity contribution in [1.29, 1.82) is 0 Å². The Morgan fingerprint density at radius 2 is 2.17 bits per heavy atom. The minimum absolute atomic E-state index is 0.0866. The predicted octanol–water partition coefficient (Wildman–Crippen LogP) is 4.41. The summed E-state index contributed by atoms with van der Waals surface area (Å²) in [6.07, 6.45) is 8.42. The lowest BCUT2D eigenvalue weighted by molar-refractivity contribution is -0.0296. The molecular weight excluding hydrogens is 284 g/mol. The maximum atomic E-state index is 10.7. The predicted molar refractivity (Wildman–Crippen MR) is 92.4 cm³/mol. The third-order valence-electron chi connectivity index (χ3n) is 7.27. The Morgan fingerprint density at radius 3 is 2.96 bits per heavy atom. The van der Waals surface area contributed by atoms with Gasteiger partial charge in [0.05, 0.1) is 6.10 Å². The van der Waals surface area contributed by atoms with Gasteiger partial charge in [-0.05, 0) is 90.9 Å². The average molecular weight is 312 g/mol. The van der Waals surface area contributed by atoms with E-state index in [4.69, 9.17) is 0 Å². The highest BCUT2D eigenvalue weighted by molar-refractivity contribution is 5.40. The van der Waals surface area contributed by atoms with Gasteiger partial charge in [0, 0.05) is 0 Å². The number of aliphatic hydroxyl groups is 1. The maximum Gasteiger partial charge on any atom is 0.115 e. The Balaban J connectivity index is 1.72. The minimum Gasteiger partial charge on any atom is -0.508 e. The number of fused-ring (bicyclic) bond motifs is 5. The molecule has 2 fully saturated rings. The molecule has 0 radical (unpaired) electrons. The first-order valence-corrected chi connectivity index (χ1v) is 9.15. The van der Waals surface area contributed by atoms with Crippen molar-refractivity contribution in [2.24, 2.45) is 23.2 Å². The summed E-state index contributed by atoms with van der Waals surface area (Å²) < 4.78 is 0. The van der Waals surface area contributed by atoms with Gasteiger partial charge in [0.1, 0.15) is 5.75 Å². The van der Waals surface area contributed by atoms with Crippen LogP contribution in [0.2, 0.25) is 0 Å². The van der Waals surface area contributed by atoms with E-state index in [0.717, 1.165) is 25.7 Å². The first-order valence-electron chi connectivity index (χ1n) is 9.15. The highest BCUT2D eigenvalue weighted by Gasteiger charge is 2.57. The van der Waals surface area contributed by atoms with Crippen LogP contribution in [0.5, 0.6) is 5.75 Å². The molecule has 23 heavy (non-hydrogen) atoms. The van der Waals surface area contributed by atoms with Gasteiger partial charge in [0.15, 0.2) is 0 Å². The number of allylic oxidation sites excluding steroid dienone is 1. The van der Waals surface area contributed by atoms with E-state index in [9.17, 15) is 10.2 Å². The molecule has 3 aliphatic rings. The number of aryl methyl sites for hydroxylation is 1. The first kappa shape index (κ1) is 15.3. The van der Waals surface area contributed by atoms with Crippen LogP contribution in [0.1, 0.15) is 56.1 Å². The Morgan fingerprint density at radius 1 is 1.35 bits per heavy atom. The molecule has 2 nitrogen and oxygen atoms in total. The number of phenolic OH excluding ortho intramolecular Hbond substituents is 1. The standard InChI is InChI=1S/C21H28O2/c1-3-4-14-12-19(23)21(2)10-9-17-16-8-6-15(22)11-13(16)5-7-18(17)20(14)21/h3,6,8,11,14,17-20,22-23H,1,4-5,7,9-10,12H2,2H3/t14?,17-,18-,19-,20+,21-/m1/s1. The van der Waals surface area contributed by atoms with Crippen molar-refractivity contribution in [2.45, 2.75) is 57.5 Å². The molecule has 0 spiro atoms. The summed E-state index contributed by atoms with van der Waals surface area (Å²) >= 11 is 0. The summed E-state index contributed by atoms with van der Waals surface area (Å²) in [7, 11) is 0. The third-order valence-corrected chi connectivity index (χ3v) is 7.27. The molecule has 2 N–H and O–H groups in total. The SMILES string of the molecule is C=CCC1C[C@@H](O)[C@@]2(C)CC[C@@H]3c4ccc(O)cc4CC[C@H]3[C@H]12. The summed E-state index contributed by atoms with van der Waals surface area (Å²) in [5.41, 5.74) is 2.89.